The van der Waals surface area contributed by atoms with E-state index in [-0.39, 0.29) is 6.09 Å². The molecule has 1 aromatic rings. The molecule has 1 amide bonds. The SMILES string of the molecule is Cc1cc(OC(=O)N2CCCCC2)ccc1Cl. The Bertz CT molecular complexity index is 414. The van der Waals surface area contributed by atoms with Gasteiger partial charge >= 0.3 is 6.09 Å². The van der Waals surface area contributed by atoms with Gasteiger partial charge in [-0.1, -0.05) is 11.6 Å². The number of piperidine rings is 1. The van der Waals surface area contributed by atoms with Crippen LogP contribution in [0.4, 0.5) is 4.79 Å². The molecule has 0 aliphatic carbocycles. The Morgan fingerprint density at radius 2 is 2.00 bits per heavy atom. The van der Waals surface area contributed by atoms with E-state index in [4.69, 9.17) is 16.3 Å². The number of hydrogen-bond acceptors (Lipinski definition) is 2. The zero-order valence-electron chi connectivity index (χ0n) is 9.91. The van der Waals surface area contributed by atoms with E-state index in [0.29, 0.717) is 10.8 Å². The van der Waals surface area contributed by atoms with Gasteiger partial charge in [-0.05, 0) is 49.9 Å². The lowest BCUT2D eigenvalue weighted by molar-refractivity contribution is 0.142. The van der Waals surface area contributed by atoms with Crippen molar-refractivity contribution in [2.45, 2.75) is 26.2 Å². The fraction of sp³-hybridized carbons (Fsp3) is 0.462. The third kappa shape index (κ3) is 3.13. The standard InChI is InChI=1S/C13H16ClNO2/c1-10-9-11(5-6-12(10)14)17-13(16)15-7-3-2-4-8-15/h5-6,9H,2-4,7-8H2,1H3. The number of rotatable bonds is 1. The third-order valence-electron chi connectivity index (χ3n) is 2.95. The first-order valence-electron chi connectivity index (χ1n) is 5.90. The smallest absolute Gasteiger partial charge is 0.410 e. The normalized spacial score (nSPS) is 15.8. The summed E-state index contributed by atoms with van der Waals surface area (Å²) < 4.78 is 5.32. The highest BCUT2D eigenvalue weighted by Gasteiger charge is 2.18. The second-order valence-corrected chi connectivity index (χ2v) is 4.73. The molecule has 0 aromatic heterocycles. The van der Waals surface area contributed by atoms with E-state index in [2.05, 4.69) is 0 Å². The van der Waals surface area contributed by atoms with Crippen LogP contribution in [0.25, 0.3) is 0 Å². The highest BCUT2D eigenvalue weighted by atomic mass is 35.5. The summed E-state index contributed by atoms with van der Waals surface area (Å²) in [6, 6.07) is 5.25. The van der Waals surface area contributed by atoms with Crippen molar-refractivity contribution in [2.24, 2.45) is 0 Å². The molecule has 4 heteroatoms. The lowest BCUT2D eigenvalue weighted by Crippen LogP contribution is -2.37. The third-order valence-corrected chi connectivity index (χ3v) is 3.37. The van der Waals surface area contributed by atoms with Crippen molar-refractivity contribution in [2.75, 3.05) is 13.1 Å². The van der Waals surface area contributed by atoms with Crippen molar-refractivity contribution in [1.82, 2.24) is 4.90 Å². The van der Waals surface area contributed by atoms with Gasteiger partial charge in [-0.3, -0.25) is 0 Å². The molecule has 1 aliphatic heterocycles. The molecule has 0 N–H and O–H groups in total. The summed E-state index contributed by atoms with van der Waals surface area (Å²) in [5, 5.41) is 0.683. The van der Waals surface area contributed by atoms with Gasteiger partial charge in [0.1, 0.15) is 5.75 Å². The Hall–Kier alpha value is -1.22. The van der Waals surface area contributed by atoms with Crippen LogP contribution in [0, 0.1) is 6.92 Å². The Balaban J connectivity index is 1.99. The fourth-order valence-corrected chi connectivity index (χ4v) is 2.04. The van der Waals surface area contributed by atoms with Crippen molar-refractivity contribution in [3.8, 4) is 5.75 Å². The Morgan fingerprint density at radius 1 is 1.29 bits per heavy atom. The van der Waals surface area contributed by atoms with Crippen LogP contribution in [0.5, 0.6) is 5.75 Å². The number of amides is 1. The minimum Gasteiger partial charge on any atom is -0.410 e. The molecule has 1 heterocycles. The predicted octanol–water partition coefficient (Wildman–Crippen LogP) is 3.63. The van der Waals surface area contributed by atoms with Crippen molar-refractivity contribution in [3.63, 3.8) is 0 Å². The van der Waals surface area contributed by atoms with Crippen LogP contribution in [-0.4, -0.2) is 24.1 Å². The summed E-state index contributed by atoms with van der Waals surface area (Å²) in [7, 11) is 0. The lowest BCUT2D eigenvalue weighted by atomic mass is 10.1. The molecule has 0 spiro atoms. The number of nitrogens with zero attached hydrogens (tertiary/aromatic N) is 1. The van der Waals surface area contributed by atoms with E-state index >= 15 is 0 Å². The number of carbonyl (C=O) groups is 1. The van der Waals surface area contributed by atoms with Gasteiger partial charge < -0.3 is 9.64 Å². The summed E-state index contributed by atoms with van der Waals surface area (Å²) in [4.78, 5) is 13.6. The molecule has 0 radical (unpaired) electrons. The molecule has 0 bridgehead atoms. The molecule has 17 heavy (non-hydrogen) atoms. The molecular formula is C13H16ClNO2. The van der Waals surface area contributed by atoms with Crippen LogP contribution in [0.15, 0.2) is 18.2 Å². The number of likely N-dealkylation sites (tertiary alicyclic amines) is 1. The maximum Gasteiger partial charge on any atom is 0.415 e. The van der Waals surface area contributed by atoms with Gasteiger partial charge in [0.15, 0.2) is 0 Å². The van der Waals surface area contributed by atoms with Gasteiger partial charge in [-0.2, -0.15) is 0 Å². The number of aryl methyl sites for hydroxylation is 1. The predicted molar refractivity (Wildman–Crippen MR) is 67.6 cm³/mol. The minimum atomic E-state index is -0.258. The molecule has 0 saturated carbocycles. The molecule has 0 atom stereocenters. The van der Waals surface area contributed by atoms with Gasteiger partial charge in [0.05, 0.1) is 0 Å². The maximum atomic E-state index is 11.8. The van der Waals surface area contributed by atoms with Crippen molar-refractivity contribution < 1.29 is 9.53 Å². The first-order chi connectivity index (χ1) is 8.16. The largest absolute Gasteiger partial charge is 0.415 e. The van der Waals surface area contributed by atoms with Crippen LogP contribution < -0.4 is 4.74 Å². The van der Waals surface area contributed by atoms with Crippen LogP contribution in [0.2, 0.25) is 5.02 Å². The zero-order chi connectivity index (χ0) is 12.3. The molecule has 1 aliphatic rings. The van der Waals surface area contributed by atoms with Gasteiger partial charge in [0, 0.05) is 18.1 Å². The van der Waals surface area contributed by atoms with E-state index < -0.39 is 0 Å². The fourth-order valence-electron chi connectivity index (χ4n) is 1.92. The first kappa shape index (κ1) is 12.2. The second-order valence-electron chi connectivity index (χ2n) is 4.33. The number of halogens is 1. The lowest BCUT2D eigenvalue weighted by Gasteiger charge is -2.25. The quantitative estimate of drug-likeness (QED) is 0.765. The topological polar surface area (TPSA) is 29.5 Å². The molecule has 92 valence electrons. The van der Waals surface area contributed by atoms with Gasteiger partial charge in [-0.15, -0.1) is 0 Å². The van der Waals surface area contributed by atoms with E-state index in [9.17, 15) is 4.79 Å². The van der Waals surface area contributed by atoms with Crippen LogP contribution in [0.1, 0.15) is 24.8 Å². The molecule has 0 unspecified atom stereocenters. The average Bonchev–Trinajstić information content (AvgIpc) is 2.35. The summed E-state index contributed by atoms with van der Waals surface area (Å²) in [5.74, 6) is 0.558. The van der Waals surface area contributed by atoms with Crippen LogP contribution in [-0.2, 0) is 0 Å². The Kier molecular flexibility index (Phi) is 3.89. The van der Waals surface area contributed by atoms with Crippen LogP contribution in [0.3, 0.4) is 0 Å². The second kappa shape index (κ2) is 5.41. The summed E-state index contributed by atoms with van der Waals surface area (Å²) in [6.45, 7) is 3.48. The molecule has 1 saturated heterocycles. The minimum absolute atomic E-state index is 0.258. The molecular weight excluding hydrogens is 238 g/mol. The van der Waals surface area contributed by atoms with Crippen molar-refractivity contribution >= 4 is 17.7 Å². The van der Waals surface area contributed by atoms with Gasteiger partial charge in [-0.25, -0.2) is 4.79 Å². The summed E-state index contributed by atoms with van der Waals surface area (Å²) in [6.07, 6.45) is 3.07. The first-order valence-corrected chi connectivity index (χ1v) is 6.27. The van der Waals surface area contributed by atoms with Crippen LogP contribution >= 0.6 is 11.6 Å². The number of hydrogen-bond donors (Lipinski definition) is 0. The Morgan fingerprint density at radius 3 is 2.65 bits per heavy atom. The highest BCUT2D eigenvalue weighted by molar-refractivity contribution is 6.31. The summed E-state index contributed by atoms with van der Waals surface area (Å²) in [5.41, 5.74) is 0.913. The monoisotopic (exact) mass is 253 g/mol. The average molecular weight is 254 g/mol. The van der Waals surface area contributed by atoms with Gasteiger partial charge in [0.2, 0.25) is 0 Å². The van der Waals surface area contributed by atoms with E-state index in [1.165, 1.54) is 6.42 Å². The van der Waals surface area contributed by atoms with Crippen molar-refractivity contribution in [3.05, 3.63) is 28.8 Å². The number of ether oxygens (including phenoxy) is 1. The number of benzene rings is 1. The molecule has 1 aromatic carbocycles. The van der Waals surface area contributed by atoms with Crippen molar-refractivity contribution in [1.29, 1.82) is 0 Å². The highest BCUT2D eigenvalue weighted by Crippen LogP contribution is 2.22. The molecule has 2 rings (SSSR count). The summed E-state index contributed by atoms with van der Waals surface area (Å²) >= 11 is 5.91. The number of carbonyl (C=O) groups excluding carboxylic acids is 1. The van der Waals surface area contributed by atoms with E-state index in [0.717, 1.165) is 31.5 Å². The molecule has 1 fully saturated rings. The molecule has 3 nitrogen and oxygen atoms in total. The zero-order valence-corrected chi connectivity index (χ0v) is 10.7. The van der Waals surface area contributed by atoms with E-state index in [1.807, 2.05) is 6.92 Å². The Labute approximate surface area is 106 Å². The maximum absolute atomic E-state index is 11.8. The van der Waals surface area contributed by atoms with Gasteiger partial charge in [0.25, 0.3) is 0 Å². The van der Waals surface area contributed by atoms with E-state index in [1.54, 1.807) is 23.1 Å².